The van der Waals surface area contributed by atoms with Crippen LogP contribution in [0.3, 0.4) is 0 Å². The maximum Gasteiger partial charge on any atom is 0.130 e. The van der Waals surface area contributed by atoms with Gasteiger partial charge in [0.2, 0.25) is 0 Å². The third-order valence-electron chi connectivity index (χ3n) is 2.80. The minimum atomic E-state index is -0.519. The molecule has 0 fully saturated rings. The van der Waals surface area contributed by atoms with E-state index in [0.717, 1.165) is 16.7 Å². The Morgan fingerprint density at radius 1 is 1.26 bits per heavy atom. The lowest BCUT2D eigenvalue weighted by Crippen LogP contribution is -2.35. The quantitative estimate of drug-likeness (QED) is 0.834. The number of aromatic nitrogens is 1. The SMILES string of the molecule is CC(C)NCC(O)COc1ccnc2ccccc12. The zero-order chi connectivity index (χ0) is 13.7. The summed E-state index contributed by atoms with van der Waals surface area (Å²) in [6, 6.07) is 9.99. The summed E-state index contributed by atoms with van der Waals surface area (Å²) in [4.78, 5) is 4.27. The molecule has 1 aromatic heterocycles. The maximum atomic E-state index is 9.83. The van der Waals surface area contributed by atoms with Crippen LogP contribution in [0.15, 0.2) is 36.5 Å². The van der Waals surface area contributed by atoms with Crippen molar-refractivity contribution in [1.82, 2.24) is 10.3 Å². The Labute approximate surface area is 113 Å². The molecular formula is C15H20N2O2. The van der Waals surface area contributed by atoms with Crippen LogP contribution in [0, 0.1) is 0 Å². The zero-order valence-corrected chi connectivity index (χ0v) is 11.3. The number of fused-ring (bicyclic) bond motifs is 1. The van der Waals surface area contributed by atoms with E-state index in [0.29, 0.717) is 12.6 Å². The van der Waals surface area contributed by atoms with Crippen LogP contribution < -0.4 is 10.1 Å². The molecule has 1 aromatic carbocycles. The third-order valence-corrected chi connectivity index (χ3v) is 2.80. The Morgan fingerprint density at radius 3 is 2.84 bits per heavy atom. The number of para-hydroxylation sites is 1. The molecule has 2 N–H and O–H groups in total. The van der Waals surface area contributed by atoms with Gasteiger partial charge >= 0.3 is 0 Å². The second-order valence-electron chi connectivity index (χ2n) is 4.85. The van der Waals surface area contributed by atoms with Crippen molar-refractivity contribution in [2.75, 3.05) is 13.2 Å². The Balaban J connectivity index is 1.98. The molecule has 102 valence electrons. The standard InChI is InChI=1S/C15H20N2O2/c1-11(2)17-9-12(18)10-19-15-7-8-16-14-6-4-3-5-13(14)15/h3-8,11-12,17-18H,9-10H2,1-2H3. The summed E-state index contributed by atoms with van der Waals surface area (Å²) in [5.74, 6) is 0.759. The first-order valence-electron chi connectivity index (χ1n) is 6.55. The van der Waals surface area contributed by atoms with Crippen LogP contribution in [0.4, 0.5) is 0 Å². The van der Waals surface area contributed by atoms with Crippen molar-refractivity contribution in [1.29, 1.82) is 0 Å². The number of nitrogens with one attached hydrogen (secondary N) is 1. The highest BCUT2D eigenvalue weighted by molar-refractivity contribution is 5.84. The van der Waals surface area contributed by atoms with Crippen molar-refractivity contribution in [2.45, 2.75) is 26.0 Å². The topological polar surface area (TPSA) is 54.4 Å². The summed E-state index contributed by atoms with van der Waals surface area (Å²) in [5.41, 5.74) is 0.898. The molecule has 4 nitrogen and oxygen atoms in total. The molecule has 1 atom stereocenters. The fourth-order valence-corrected chi connectivity index (χ4v) is 1.81. The number of aliphatic hydroxyl groups excluding tert-OH is 1. The molecule has 2 rings (SSSR count). The highest BCUT2D eigenvalue weighted by Gasteiger charge is 2.08. The van der Waals surface area contributed by atoms with E-state index in [4.69, 9.17) is 4.74 Å². The van der Waals surface area contributed by atoms with Crippen molar-refractivity contribution in [3.8, 4) is 5.75 Å². The highest BCUT2D eigenvalue weighted by Crippen LogP contribution is 2.23. The molecule has 0 spiro atoms. The summed E-state index contributed by atoms with van der Waals surface area (Å²) >= 11 is 0. The second-order valence-corrected chi connectivity index (χ2v) is 4.85. The van der Waals surface area contributed by atoms with Crippen LogP contribution in [-0.2, 0) is 0 Å². The molecular weight excluding hydrogens is 240 g/mol. The van der Waals surface area contributed by atoms with Crippen LogP contribution in [0.2, 0.25) is 0 Å². The number of hydrogen-bond donors (Lipinski definition) is 2. The Bertz CT molecular complexity index is 523. The third kappa shape index (κ3) is 3.91. The Hall–Kier alpha value is -1.65. The molecule has 0 amide bonds. The van der Waals surface area contributed by atoms with Gasteiger partial charge in [-0.2, -0.15) is 0 Å². The van der Waals surface area contributed by atoms with Gasteiger partial charge in [-0.1, -0.05) is 26.0 Å². The molecule has 1 unspecified atom stereocenters. The summed E-state index contributed by atoms with van der Waals surface area (Å²) in [5, 5.41) is 14.0. The number of aliphatic hydroxyl groups is 1. The number of benzene rings is 1. The number of nitrogens with zero attached hydrogens (tertiary/aromatic N) is 1. The van der Waals surface area contributed by atoms with Crippen LogP contribution in [0.25, 0.3) is 10.9 Å². The van der Waals surface area contributed by atoms with Gasteiger partial charge < -0.3 is 15.2 Å². The minimum absolute atomic E-state index is 0.272. The molecule has 19 heavy (non-hydrogen) atoms. The predicted molar refractivity (Wildman–Crippen MR) is 76.4 cm³/mol. The van der Waals surface area contributed by atoms with E-state index in [1.54, 1.807) is 6.20 Å². The second kappa shape index (κ2) is 6.50. The lowest BCUT2D eigenvalue weighted by atomic mass is 10.2. The molecule has 0 saturated heterocycles. The van der Waals surface area contributed by atoms with E-state index in [2.05, 4.69) is 10.3 Å². The van der Waals surface area contributed by atoms with Gasteiger partial charge in [0.25, 0.3) is 0 Å². The lowest BCUT2D eigenvalue weighted by Gasteiger charge is -2.15. The van der Waals surface area contributed by atoms with Crippen LogP contribution in [0.1, 0.15) is 13.8 Å². The van der Waals surface area contributed by atoms with Crippen LogP contribution in [0.5, 0.6) is 5.75 Å². The van der Waals surface area contributed by atoms with Gasteiger partial charge in [0, 0.05) is 24.2 Å². The molecule has 0 radical (unpaired) electrons. The largest absolute Gasteiger partial charge is 0.490 e. The first-order chi connectivity index (χ1) is 9.16. The van der Waals surface area contributed by atoms with Crippen LogP contribution >= 0.6 is 0 Å². The summed E-state index contributed by atoms with van der Waals surface area (Å²) in [6.07, 6.45) is 1.20. The zero-order valence-electron chi connectivity index (χ0n) is 11.3. The normalized spacial score (nSPS) is 12.8. The van der Waals surface area contributed by atoms with Crippen molar-refractivity contribution in [2.24, 2.45) is 0 Å². The van der Waals surface area contributed by atoms with Gasteiger partial charge in [-0.3, -0.25) is 4.98 Å². The fraction of sp³-hybridized carbons (Fsp3) is 0.400. The summed E-state index contributed by atoms with van der Waals surface area (Å²) < 4.78 is 5.68. The summed E-state index contributed by atoms with van der Waals surface area (Å²) in [6.45, 7) is 4.89. The Kier molecular flexibility index (Phi) is 4.71. The molecule has 0 aliphatic carbocycles. The molecule has 4 heteroatoms. The summed E-state index contributed by atoms with van der Waals surface area (Å²) in [7, 11) is 0. The van der Waals surface area contributed by atoms with E-state index < -0.39 is 6.10 Å². The number of pyridine rings is 1. The van der Waals surface area contributed by atoms with E-state index in [-0.39, 0.29) is 6.61 Å². The average Bonchev–Trinajstić information content (AvgIpc) is 2.42. The first kappa shape index (κ1) is 13.8. The van der Waals surface area contributed by atoms with Gasteiger partial charge in [-0.25, -0.2) is 0 Å². The highest BCUT2D eigenvalue weighted by atomic mass is 16.5. The monoisotopic (exact) mass is 260 g/mol. The van der Waals surface area contributed by atoms with E-state index >= 15 is 0 Å². The molecule has 0 bridgehead atoms. The predicted octanol–water partition coefficient (Wildman–Crippen LogP) is 1.97. The van der Waals surface area contributed by atoms with Crippen molar-refractivity contribution in [3.63, 3.8) is 0 Å². The first-order valence-corrected chi connectivity index (χ1v) is 6.55. The van der Waals surface area contributed by atoms with E-state index in [1.807, 2.05) is 44.2 Å². The molecule has 0 aliphatic rings. The molecule has 2 aromatic rings. The number of ether oxygens (including phenoxy) is 1. The van der Waals surface area contributed by atoms with Crippen LogP contribution in [-0.4, -0.2) is 35.4 Å². The average molecular weight is 260 g/mol. The molecule has 0 saturated carbocycles. The number of rotatable bonds is 6. The Morgan fingerprint density at radius 2 is 2.05 bits per heavy atom. The van der Waals surface area contributed by atoms with Gasteiger partial charge in [0.1, 0.15) is 18.5 Å². The van der Waals surface area contributed by atoms with Gasteiger partial charge in [0.15, 0.2) is 0 Å². The van der Waals surface area contributed by atoms with Gasteiger partial charge in [-0.05, 0) is 18.2 Å². The number of hydrogen-bond acceptors (Lipinski definition) is 4. The smallest absolute Gasteiger partial charge is 0.130 e. The van der Waals surface area contributed by atoms with Crippen molar-refractivity contribution in [3.05, 3.63) is 36.5 Å². The molecule has 1 heterocycles. The lowest BCUT2D eigenvalue weighted by molar-refractivity contribution is 0.105. The van der Waals surface area contributed by atoms with E-state index in [9.17, 15) is 5.11 Å². The van der Waals surface area contributed by atoms with Crippen molar-refractivity contribution >= 4 is 10.9 Å². The van der Waals surface area contributed by atoms with Gasteiger partial charge in [0.05, 0.1) is 5.52 Å². The van der Waals surface area contributed by atoms with E-state index in [1.165, 1.54) is 0 Å². The maximum absolute atomic E-state index is 9.83. The fourth-order valence-electron chi connectivity index (χ4n) is 1.81. The van der Waals surface area contributed by atoms with Crippen molar-refractivity contribution < 1.29 is 9.84 Å². The minimum Gasteiger partial charge on any atom is -0.490 e. The molecule has 0 aliphatic heterocycles. The van der Waals surface area contributed by atoms with Gasteiger partial charge in [-0.15, -0.1) is 0 Å².